The first-order chi connectivity index (χ1) is 11.6. The third kappa shape index (κ3) is 2.90. The first-order valence-electron chi connectivity index (χ1n) is 9.07. The molecule has 0 aliphatic heterocycles. The number of rotatable bonds is 4. The van der Waals surface area contributed by atoms with Gasteiger partial charge in [0.15, 0.2) is 0 Å². The minimum absolute atomic E-state index is 0.0279. The van der Waals surface area contributed by atoms with Crippen LogP contribution in [0.2, 0.25) is 0 Å². The first kappa shape index (κ1) is 16.8. The Morgan fingerprint density at radius 3 is 2.44 bits per heavy atom. The number of aliphatic hydroxyl groups is 1. The average molecular weight is 346 g/mol. The lowest BCUT2D eigenvalue weighted by Crippen LogP contribution is -2.64. The molecule has 136 valence electrons. The van der Waals surface area contributed by atoms with Crippen LogP contribution in [0.3, 0.4) is 0 Å². The lowest BCUT2D eigenvalue weighted by molar-refractivity contribution is -0.234. The number of ether oxygens (including phenoxy) is 1. The second kappa shape index (κ2) is 5.16. The normalized spacial score (nSPS) is 41.7. The maximum atomic E-state index is 13.0. The number of hydrogen-bond acceptors (Lipinski definition) is 5. The van der Waals surface area contributed by atoms with Gasteiger partial charge in [-0.15, -0.1) is 0 Å². The molecule has 0 spiro atoms. The molecular weight excluding hydrogens is 320 g/mol. The highest BCUT2D eigenvalue weighted by molar-refractivity contribution is 5.78. The standard InChI is InChI=1S/C19H26N2O4/c1-16-7-17(2)9-18(8-16,12-19(24,10-16)11-17)14(22)25-4-3-13-5-20-15(23)21-6-13/h5-6,24H,3-4,7-12H2,1-2H3,(H,20,21,23). The van der Waals surface area contributed by atoms with Gasteiger partial charge >= 0.3 is 11.7 Å². The molecular formula is C19H26N2O4. The van der Waals surface area contributed by atoms with Gasteiger partial charge in [-0.05, 0) is 54.9 Å². The summed E-state index contributed by atoms with van der Waals surface area (Å²) in [5, 5.41) is 11.0. The lowest BCUT2D eigenvalue weighted by atomic mass is 9.39. The molecule has 25 heavy (non-hydrogen) atoms. The lowest BCUT2D eigenvalue weighted by Gasteiger charge is -2.66. The first-order valence-corrected chi connectivity index (χ1v) is 9.07. The van der Waals surface area contributed by atoms with Gasteiger partial charge in [-0.1, -0.05) is 13.8 Å². The van der Waals surface area contributed by atoms with Crippen molar-refractivity contribution in [3.05, 3.63) is 28.4 Å². The summed E-state index contributed by atoms with van der Waals surface area (Å²) in [5.41, 5.74) is -0.768. The fraction of sp³-hybridized carbons (Fsp3) is 0.737. The molecule has 4 saturated carbocycles. The molecule has 1 aromatic heterocycles. The molecule has 4 aliphatic rings. The molecule has 2 unspecified atom stereocenters. The summed E-state index contributed by atoms with van der Waals surface area (Å²) in [6.45, 7) is 4.68. The summed E-state index contributed by atoms with van der Waals surface area (Å²) in [6.07, 6.45) is 8.46. The van der Waals surface area contributed by atoms with Crippen molar-refractivity contribution in [2.24, 2.45) is 16.2 Å². The van der Waals surface area contributed by atoms with Crippen LogP contribution in [0.25, 0.3) is 0 Å². The van der Waals surface area contributed by atoms with Crippen molar-refractivity contribution in [1.82, 2.24) is 9.97 Å². The molecule has 4 bridgehead atoms. The van der Waals surface area contributed by atoms with Gasteiger partial charge in [0, 0.05) is 18.8 Å². The minimum Gasteiger partial charge on any atom is -0.465 e. The summed E-state index contributed by atoms with van der Waals surface area (Å²) in [4.78, 5) is 30.1. The van der Waals surface area contributed by atoms with Crippen LogP contribution in [0.15, 0.2) is 17.2 Å². The van der Waals surface area contributed by atoms with Gasteiger partial charge < -0.3 is 14.8 Å². The third-order valence-corrected chi connectivity index (χ3v) is 6.35. The van der Waals surface area contributed by atoms with Gasteiger partial charge in [-0.3, -0.25) is 4.79 Å². The molecule has 4 fully saturated rings. The Morgan fingerprint density at radius 2 is 1.88 bits per heavy atom. The van der Waals surface area contributed by atoms with E-state index in [1.807, 2.05) is 0 Å². The van der Waals surface area contributed by atoms with Crippen LogP contribution in [-0.4, -0.2) is 33.3 Å². The van der Waals surface area contributed by atoms with Crippen LogP contribution in [0.1, 0.15) is 57.9 Å². The van der Waals surface area contributed by atoms with Crippen molar-refractivity contribution >= 4 is 5.97 Å². The molecule has 1 aromatic rings. The van der Waals surface area contributed by atoms with Gasteiger partial charge in [-0.2, -0.15) is 0 Å². The topological polar surface area (TPSA) is 92.3 Å². The van der Waals surface area contributed by atoms with Crippen molar-refractivity contribution in [2.75, 3.05) is 6.61 Å². The number of carbonyl (C=O) groups excluding carboxylic acids is 1. The Kier molecular flexibility index (Phi) is 3.46. The fourth-order valence-electron chi connectivity index (χ4n) is 6.77. The van der Waals surface area contributed by atoms with E-state index in [0.29, 0.717) is 12.8 Å². The van der Waals surface area contributed by atoms with E-state index in [2.05, 4.69) is 23.8 Å². The van der Waals surface area contributed by atoms with Crippen molar-refractivity contribution < 1.29 is 14.6 Å². The Balaban J connectivity index is 1.46. The fourth-order valence-corrected chi connectivity index (χ4v) is 6.77. The Hall–Kier alpha value is -1.69. The zero-order valence-electron chi connectivity index (χ0n) is 14.9. The van der Waals surface area contributed by atoms with E-state index in [1.165, 1.54) is 6.20 Å². The van der Waals surface area contributed by atoms with Crippen molar-refractivity contribution in [2.45, 2.75) is 64.4 Å². The molecule has 0 radical (unpaired) electrons. The number of hydrogen-bond donors (Lipinski definition) is 2. The highest BCUT2D eigenvalue weighted by Gasteiger charge is 2.68. The zero-order valence-corrected chi connectivity index (χ0v) is 14.9. The molecule has 0 aromatic carbocycles. The molecule has 5 rings (SSSR count). The van der Waals surface area contributed by atoms with E-state index < -0.39 is 11.0 Å². The number of nitrogens with zero attached hydrogens (tertiary/aromatic N) is 1. The average Bonchev–Trinajstić information content (AvgIpc) is 2.44. The maximum absolute atomic E-state index is 13.0. The van der Waals surface area contributed by atoms with Gasteiger partial charge in [0.05, 0.1) is 17.6 Å². The van der Waals surface area contributed by atoms with Crippen LogP contribution in [-0.2, 0) is 16.0 Å². The van der Waals surface area contributed by atoms with E-state index in [0.717, 1.165) is 37.7 Å². The summed E-state index contributed by atoms with van der Waals surface area (Å²) in [5.74, 6) is -0.167. The number of aromatic nitrogens is 2. The highest BCUT2D eigenvalue weighted by atomic mass is 16.5. The minimum atomic E-state index is -0.722. The van der Waals surface area contributed by atoms with Gasteiger partial charge in [0.2, 0.25) is 0 Å². The van der Waals surface area contributed by atoms with E-state index in [4.69, 9.17) is 4.74 Å². The largest absolute Gasteiger partial charge is 0.465 e. The zero-order chi connectivity index (χ0) is 17.9. The Morgan fingerprint density at radius 1 is 1.20 bits per heavy atom. The van der Waals surface area contributed by atoms with E-state index >= 15 is 0 Å². The van der Waals surface area contributed by atoms with E-state index in [-0.39, 0.29) is 29.1 Å². The van der Waals surface area contributed by atoms with Crippen molar-refractivity contribution in [3.8, 4) is 0 Å². The van der Waals surface area contributed by atoms with Gasteiger partial charge in [0.1, 0.15) is 0 Å². The molecule has 0 saturated heterocycles. The molecule has 6 nitrogen and oxygen atoms in total. The maximum Gasteiger partial charge on any atom is 0.344 e. The van der Waals surface area contributed by atoms with Crippen LogP contribution in [0.5, 0.6) is 0 Å². The summed E-state index contributed by atoms with van der Waals surface area (Å²) < 4.78 is 5.63. The summed E-state index contributed by atoms with van der Waals surface area (Å²) in [7, 11) is 0. The Bertz CT molecular complexity index is 697. The van der Waals surface area contributed by atoms with E-state index in [9.17, 15) is 14.7 Å². The third-order valence-electron chi connectivity index (χ3n) is 6.35. The number of aromatic amines is 1. The number of H-pyrrole nitrogens is 1. The van der Waals surface area contributed by atoms with Gasteiger partial charge in [0.25, 0.3) is 0 Å². The monoisotopic (exact) mass is 346 g/mol. The summed E-state index contributed by atoms with van der Waals surface area (Å²) >= 11 is 0. The van der Waals surface area contributed by atoms with Crippen LogP contribution in [0, 0.1) is 16.2 Å². The molecule has 2 atom stereocenters. The number of esters is 1. The predicted molar refractivity (Wildman–Crippen MR) is 90.8 cm³/mol. The molecule has 0 amide bonds. The van der Waals surface area contributed by atoms with Crippen LogP contribution >= 0.6 is 0 Å². The van der Waals surface area contributed by atoms with E-state index in [1.54, 1.807) is 6.20 Å². The highest BCUT2D eigenvalue weighted by Crippen LogP contribution is 2.70. The predicted octanol–water partition coefficient (Wildman–Crippen LogP) is 1.97. The quantitative estimate of drug-likeness (QED) is 0.813. The molecule has 4 aliphatic carbocycles. The molecule has 2 N–H and O–H groups in total. The van der Waals surface area contributed by atoms with Crippen molar-refractivity contribution in [3.63, 3.8) is 0 Å². The van der Waals surface area contributed by atoms with Crippen LogP contribution in [0.4, 0.5) is 0 Å². The molecule has 1 heterocycles. The summed E-state index contributed by atoms with van der Waals surface area (Å²) in [6, 6.07) is 0. The number of carbonyl (C=O) groups is 1. The van der Waals surface area contributed by atoms with Crippen LogP contribution < -0.4 is 5.69 Å². The second-order valence-electron chi connectivity index (χ2n) is 9.50. The number of nitrogens with one attached hydrogen (secondary N) is 1. The van der Waals surface area contributed by atoms with Gasteiger partial charge in [-0.25, -0.2) is 9.78 Å². The molecule has 6 heteroatoms. The van der Waals surface area contributed by atoms with Crippen molar-refractivity contribution in [1.29, 1.82) is 0 Å². The SMILES string of the molecule is CC12CC3(C)CC(O)(C1)CC(C(=O)OCCc1cnc(=O)[nH]c1)(C2)C3. The smallest absolute Gasteiger partial charge is 0.344 e. The second-order valence-corrected chi connectivity index (χ2v) is 9.50. The Labute approximate surface area is 147 Å².